The van der Waals surface area contributed by atoms with E-state index in [-0.39, 0.29) is 24.1 Å². The smallest absolute Gasteiger partial charge is 0.409 e. The normalized spacial score (nSPS) is 13.2. The molecular formula is C26H34BrNO4. The Balaban J connectivity index is 1.92. The molecule has 0 aliphatic heterocycles. The van der Waals surface area contributed by atoms with E-state index >= 15 is 0 Å². The first-order chi connectivity index (χ1) is 15.1. The van der Waals surface area contributed by atoms with Crippen molar-refractivity contribution in [3.05, 3.63) is 70.2 Å². The standard InChI is InChI=1S/C26H34BrNO4/c1-25(2,19-28(4)24(30)32-18-20-11-7-6-8-12-20)15-10-16-26(3,23(29)31-5)21-13-9-14-22(27)17-21/h6-9,11-14,17H,10,15-16,18-19H2,1-5H3. The lowest BCUT2D eigenvalue weighted by Gasteiger charge is -2.32. The van der Waals surface area contributed by atoms with Gasteiger partial charge in [-0.15, -0.1) is 0 Å². The molecule has 0 aliphatic rings. The minimum atomic E-state index is -0.727. The summed E-state index contributed by atoms with van der Waals surface area (Å²) in [6.45, 7) is 7.01. The number of nitrogens with zero attached hydrogens (tertiary/aromatic N) is 1. The van der Waals surface area contributed by atoms with Gasteiger partial charge in [0.25, 0.3) is 0 Å². The first kappa shape index (κ1) is 25.9. The zero-order valence-electron chi connectivity index (χ0n) is 19.7. The van der Waals surface area contributed by atoms with Gasteiger partial charge in [-0.3, -0.25) is 4.79 Å². The molecule has 0 aromatic heterocycles. The average Bonchev–Trinajstić information content (AvgIpc) is 2.76. The number of carbonyl (C=O) groups excluding carboxylic acids is 2. The van der Waals surface area contributed by atoms with Gasteiger partial charge in [0.2, 0.25) is 0 Å². The van der Waals surface area contributed by atoms with Gasteiger partial charge in [-0.1, -0.05) is 78.7 Å². The highest BCUT2D eigenvalue weighted by atomic mass is 79.9. The fourth-order valence-corrected chi connectivity index (χ4v) is 4.36. The summed E-state index contributed by atoms with van der Waals surface area (Å²) in [6, 6.07) is 17.4. The van der Waals surface area contributed by atoms with Crippen molar-refractivity contribution in [2.75, 3.05) is 20.7 Å². The van der Waals surface area contributed by atoms with Gasteiger partial charge in [-0.25, -0.2) is 4.79 Å². The highest BCUT2D eigenvalue weighted by Crippen LogP contribution is 2.35. The molecule has 6 heteroatoms. The number of benzene rings is 2. The maximum absolute atomic E-state index is 12.7. The minimum Gasteiger partial charge on any atom is -0.468 e. The average molecular weight is 504 g/mol. The van der Waals surface area contributed by atoms with Crippen LogP contribution in [0.5, 0.6) is 0 Å². The zero-order valence-corrected chi connectivity index (χ0v) is 21.3. The van der Waals surface area contributed by atoms with Crippen LogP contribution in [0.4, 0.5) is 4.79 Å². The van der Waals surface area contributed by atoms with Crippen LogP contribution in [-0.2, 0) is 26.3 Å². The van der Waals surface area contributed by atoms with Gasteiger partial charge in [0, 0.05) is 18.1 Å². The van der Waals surface area contributed by atoms with Gasteiger partial charge in [0.05, 0.1) is 12.5 Å². The molecule has 0 aliphatic carbocycles. The molecule has 2 rings (SSSR count). The first-order valence-corrected chi connectivity index (χ1v) is 11.6. The van der Waals surface area contributed by atoms with Crippen LogP contribution < -0.4 is 0 Å². The van der Waals surface area contributed by atoms with Gasteiger partial charge >= 0.3 is 12.1 Å². The van der Waals surface area contributed by atoms with Crippen LogP contribution in [0.25, 0.3) is 0 Å². The maximum atomic E-state index is 12.7. The van der Waals surface area contributed by atoms with Crippen LogP contribution in [0.15, 0.2) is 59.1 Å². The summed E-state index contributed by atoms with van der Waals surface area (Å²) in [4.78, 5) is 26.7. The summed E-state index contributed by atoms with van der Waals surface area (Å²) in [5.41, 5.74) is 1.03. The third-order valence-corrected chi connectivity index (χ3v) is 6.30. The Bertz CT molecular complexity index is 900. The number of hydrogen-bond donors (Lipinski definition) is 0. The van der Waals surface area contributed by atoms with E-state index in [1.165, 1.54) is 7.11 Å². The van der Waals surface area contributed by atoms with Gasteiger partial charge in [-0.2, -0.15) is 0 Å². The fraction of sp³-hybridized carbons (Fsp3) is 0.462. The molecule has 174 valence electrons. The van der Waals surface area contributed by atoms with Crippen LogP contribution in [0.2, 0.25) is 0 Å². The largest absolute Gasteiger partial charge is 0.468 e. The predicted molar refractivity (Wildman–Crippen MR) is 130 cm³/mol. The summed E-state index contributed by atoms with van der Waals surface area (Å²) >= 11 is 3.49. The highest BCUT2D eigenvalue weighted by Gasteiger charge is 2.36. The van der Waals surface area contributed by atoms with Crippen LogP contribution in [0, 0.1) is 5.41 Å². The molecule has 0 N–H and O–H groups in total. The van der Waals surface area contributed by atoms with Crippen LogP contribution >= 0.6 is 15.9 Å². The molecule has 0 saturated carbocycles. The Hall–Kier alpha value is -2.34. The SMILES string of the molecule is COC(=O)C(C)(CCCC(C)(C)CN(C)C(=O)OCc1ccccc1)c1cccc(Br)c1. The van der Waals surface area contributed by atoms with Crippen molar-refractivity contribution in [2.45, 2.75) is 52.1 Å². The van der Waals surface area contributed by atoms with Crippen LogP contribution in [-0.4, -0.2) is 37.7 Å². The Kier molecular flexibility index (Phi) is 9.32. The van der Waals surface area contributed by atoms with Gasteiger partial charge in [0.1, 0.15) is 6.61 Å². The second-order valence-electron chi connectivity index (χ2n) is 9.25. The minimum absolute atomic E-state index is 0.130. The van der Waals surface area contributed by atoms with E-state index < -0.39 is 5.41 Å². The molecule has 0 saturated heterocycles. The van der Waals surface area contributed by atoms with Crippen molar-refractivity contribution >= 4 is 28.0 Å². The first-order valence-electron chi connectivity index (χ1n) is 10.8. The Labute approximate surface area is 200 Å². The molecule has 0 radical (unpaired) electrons. The Morgan fingerprint density at radius 2 is 1.69 bits per heavy atom. The van der Waals surface area contributed by atoms with E-state index in [0.717, 1.165) is 28.4 Å². The molecule has 32 heavy (non-hydrogen) atoms. The number of ether oxygens (including phenoxy) is 2. The van der Waals surface area contributed by atoms with E-state index in [9.17, 15) is 9.59 Å². The molecule has 1 amide bonds. The van der Waals surface area contributed by atoms with E-state index in [2.05, 4.69) is 29.8 Å². The lowest BCUT2D eigenvalue weighted by Crippen LogP contribution is -2.37. The van der Waals surface area contributed by atoms with Crippen LogP contribution in [0.3, 0.4) is 0 Å². The van der Waals surface area contributed by atoms with Gasteiger partial charge in [0.15, 0.2) is 0 Å². The molecule has 1 unspecified atom stereocenters. The lowest BCUT2D eigenvalue weighted by molar-refractivity contribution is -0.147. The van der Waals surface area contributed by atoms with Crippen molar-refractivity contribution in [1.29, 1.82) is 0 Å². The molecule has 2 aromatic carbocycles. The quantitative estimate of drug-likeness (QED) is 0.354. The van der Waals surface area contributed by atoms with Gasteiger partial charge in [-0.05, 0) is 48.4 Å². The van der Waals surface area contributed by atoms with E-state index in [1.54, 1.807) is 11.9 Å². The molecule has 0 spiro atoms. The Morgan fingerprint density at radius 3 is 2.31 bits per heavy atom. The fourth-order valence-electron chi connectivity index (χ4n) is 3.96. The number of hydrogen-bond acceptors (Lipinski definition) is 4. The van der Waals surface area contributed by atoms with Crippen molar-refractivity contribution < 1.29 is 19.1 Å². The molecule has 5 nitrogen and oxygen atoms in total. The number of amides is 1. The third-order valence-electron chi connectivity index (χ3n) is 5.81. The predicted octanol–water partition coefficient (Wildman–Crippen LogP) is 6.34. The monoisotopic (exact) mass is 503 g/mol. The highest BCUT2D eigenvalue weighted by molar-refractivity contribution is 9.10. The van der Waals surface area contributed by atoms with Crippen molar-refractivity contribution in [2.24, 2.45) is 5.41 Å². The molecule has 1 atom stereocenters. The third kappa shape index (κ3) is 7.37. The van der Waals surface area contributed by atoms with Crippen LogP contribution in [0.1, 0.15) is 51.2 Å². The number of carbonyl (C=O) groups is 2. The molecule has 0 bridgehead atoms. The topological polar surface area (TPSA) is 55.8 Å². The molecule has 0 fully saturated rings. The van der Waals surface area contributed by atoms with E-state index in [0.29, 0.717) is 13.0 Å². The summed E-state index contributed by atoms with van der Waals surface area (Å²) in [5.74, 6) is -0.241. The summed E-state index contributed by atoms with van der Waals surface area (Å²) < 4.78 is 11.5. The molecule has 0 heterocycles. The van der Waals surface area contributed by atoms with E-state index in [1.807, 2.05) is 61.5 Å². The second kappa shape index (κ2) is 11.5. The summed E-state index contributed by atoms with van der Waals surface area (Å²) in [7, 11) is 3.19. The molecule has 2 aromatic rings. The zero-order chi connectivity index (χ0) is 23.8. The maximum Gasteiger partial charge on any atom is 0.409 e. The Morgan fingerprint density at radius 1 is 1.00 bits per heavy atom. The number of halogens is 1. The number of rotatable bonds is 10. The van der Waals surface area contributed by atoms with Gasteiger partial charge < -0.3 is 14.4 Å². The number of esters is 1. The second-order valence-corrected chi connectivity index (χ2v) is 10.2. The molecular weight excluding hydrogens is 470 g/mol. The van der Waals surface area contributed by atoms with Crippen molar-refractivity contribution in [1.82, 2.24) is 4.90 Å². The number of methoxy groups -OCH3 is 1. The lowest BCUT2D eigenvalue weighted by atomic mass is 9.76. The van der Waals surface area contributed by atoms with Crippen molar-refractivity contribution in [3.63, 3.8) is 0 Å². The summed E-state index contributed by atoms with van der Waals surface area (Å²) in [5, 5.41) is 0. The van der Waals surface area contributed by atoms with Crippen molar-refractivity contribution in [3.8, 4) is 0 Å². The van der Waals surface area contributed by atoms with E-state index in [4.69, 9.17) is 9.47 Å². The summed E-state index contributed by atoms with van der Waals surface area (Å²) in [6.07, 6.45) is 1.99.